The molecule has 2 rings (SSSR count). The van der Waals surface area contributed by atoms with E-state index in [1.165, 1.54) is 6.20 Å². The second kappa shape index (κ2) is 5.40. The average molecular weight is 258 g/mol. The molecule has 2 aromatic rings. The summed E-state index contributed by atoms with van der Waals surface area (Å²) in [5, 5.41) is 2.60. The van der Waals surface area contributed by atoms with Crippen LogP contribution in [-0.4, -0.2) is 20.9 Å². The van der Waals surface area contributed by atoms with Gasteiger partial charge in [0, 0.05) is 11.4 Å². The number of pyridine rings is 1. The Labute approximate surface area is 110 Å². The van der Waals surface area contributed by atoms with Crippen molar-refractivity contribution in [1.82, 2.24) is 15.0 Å². The summed E-state index contributed by atoms with van der Waals surface area (Å²) in [6.07, 6.45) is 1.47. The maximum absolute atomic E-state index is 11.9. The molecule has 0 spiro atoms. The van der Waals surface area contributed by atoms with Crippen LogP contribution in [0.1, 0.15) is 21.9 Å². The zero-order valence-electron chi connectivity index (χ0n) is 10.6. The van der Waals surface area contributed by atoms with Crippen LogP contribution >= 0.6 is 0 Å². The quantitative estimate of drug-likeness (QED) is 0.560. The Kier molecular flexibility index (Phi) is 3.67. The fourth-order valence-corrected chi connectivity index (χ4v) is 1.56. The van der Waals surface area contributed by atoms with Gasteiger partial charge in [-0.3, -0.25) is 16.0 Å². The molecule has 7 nitrogen and oxygen atoms in total. The van der Waals surface area contributed by atoms with Gasteiger partial charge in [0.2, 0.25) is 5.95 Å². The molecule has 0 aliphatic heterocycles. The summed E-state index contributed by atoms with van der Waals surface area (Å²) in [4.78, 5) is 24.2. The number of hydrogen-bond acceptors (Lipinski definition) is 6. The number of carbonyl (C=O) groups is 1. The fourth-order valence-electron chi connectivity index (χ4n) is 1.56. The van der Waals surface area contributed by atoms with Crippen molar-refractivity contribution in [3.8, 4) is 0 Å². The Balaban J connectivity index is 2.15. The summed E-state index contributed by atoms with van der Waals surface area (Å²) in [6.45, 7) is 3.68. The van der Waals surface area contributed by atoms with E-state index in [4.69, 9.17) is 5.84 Å². The number of nitrogens with one attached hydrogen (secondary N) is 2. The van der Waals surface area contributed by atoms with E-state index in [9.17, 15) is 4.79 Å². The lowest BCUT2D eigenvalue weighted by molar-refractivity contribution is 0.102. The Bertz CT molecular complexity index is 575. The molecular weight excluding hydrogens is 244 g/mol. The van der Waals surface area contributed by atoms with Gasteiger partial charge in [0.15, 0.2) is 0 Å². The molecule has 4 N–H and O–H groups in total. The molecule has 0 saturated carbocycles. The predicted octanol–water partition coefficient (Wildman–Crippen LogP) is 1.03. The van der Waals surface area contributed by atoms with Crippen LogP contribution in [-0.2, 0) is 0 Å². The first-order valence-electron chi connectivity index (χ1n) is 5.65. The summed E-state index contributed by atoms with van der Waals surface area (Å²) >= 11 is 0. The smallest absolute Gasteiger partial charge is 0.276 e. The molecular formula is C12H14N6O. The second-order valence-corrected chi connectivity index (χ2v) is 4.00. The van der Waals surface area contributed by atoms with E-state index in [0.717, 1.165) is 11.4 Å². The molecule has 0 aliphatic carbocycles. The van der Waals surface area contributed by atoms with Crippen molar-refractivity contribution in [2.24, 2.45) is 5.84 Å². The van der Waals surface area contributed by atoms with Crippen LogP contribution in [0.5, 0.6) is 0 Å². The summed E-state index contributed by atoms with van der Waals surface area (Å²) in [7, 11) is 0. The van der Waals surface area contributed by atoms with Gasteiger partial charge in [0.1, 0.15) is 5.69 Å². The van der Waals surface area contributed by atoms with Crippen LogP contribution in [0.25, 0.3) is 0 Å². The zero-order valence-corrected chi connectivity index (χ0v) is 10.6. The molecule has 2 aromatic heterocycles. The first-order valence-corrected chi connectivity index (χ1v) is 5.65. The monoisotopic (exact) mass is 258 g/mol. The van der Waals surface area contributed by atoms with Gasteiger partial charge in [-0.15, -0.1) is 0 Å². The third kappa shape index (κ3) is 3.23. The second-order valence-electron chi connectivity index (χ2n) is 4.00. The van der Waals surface area contributed by atoms with Gasteiger partial charge >= 0.3 is 0 Å². The molecule has 0 atom stereocenters. The van der Waals surface area contributed by atoms with E-state index < -0.39 is 0 Å². The average Bonchev–Trinajstić information content (AvgIpc) is 2.37. The van der Waals surface area contributed by atoms with E-state index in [-0.39, 0.29) is 17.5 Å². The number of carbonyl (C=O) groups excluding carboxylic acids is 1. The van der Waals surface area contributed by atoms with E-state index in [1.54, 1.807) is 12.1 Å². The van der Waals surface area contributed by atoms with Gasteiger partial charge in [-0.2, -0.15) is 0 Å². The van der Waals surface area contributed by atoms with E-state index in [1.807, 2.05) is 19.9 Å². The number of aryl methyl sites for hydroxylation is 2. The van der Waals surface area contributed by atoms with Gasteiger partial charge in [0.05, 0.1) is 11.9 Å². The van der Waals surface area contributed by atoms with Gasteiger partial charge in [-0.1, -0.05) is 0 Å². The van der Waals surface area contributed by atoms with E-state index >= 15 is 0 Å². The molecule has 0 saturated heterocycles. The lowest BCUT2D eigenvalue weighted by atomic mass is 10.3. The Hall–Kier alpha value is -2.54. The number of nitrogen functional groups attached to an aromatic ring is 1. The highest BCUT2D eigenvalue weighted by atomic mass is 16.2. The molecule has 0 fully saturated rings. The molecule has 0 bridgehead atoms. The van der Waals surface area contributed by atoms with Crippen LogP contribution in [0.15, 0.2) is 24.4 Å². The minimum atomic E-state index is -0.367. The molecule has 19 heavy (non-hydrogen) atoms. The van der Waals surface area contributed by atoms with Gasteiger partial charge in [-0.25, -0.2) is 15.0 Å². The van der Waals surface area contributed by atoms with Crippen LogP contribution in [0.4, 0.5) is 11.6 Å². The number of hydrazine groups is 1. The lowest BCUT2D eigenvalue weighted by Crippen LogP contribution is -2.16. The van der Waals surface area contributed by atoms with Crippen LogP contribution in [0, 0.1) is 13.8 Å². The van der Waals surface area contributed by atoms with Gasteiger partial charge < -0.3 is 5.43 Å². The molecule has 0 radical (unpaired) electrons. The highest BCUT2D eigenvalue weighted by Crippen LogP contribution is 2.08. The van der Waals surface area contributed by atoms with Crippen molar-refractivity contribution in [3.05, 3.63) is 41.5 Å². The summed E-state index contributed by atoms with van der Waals surface area (Å²) in [5.74, 6) is 5.12. The number of hydrogen-bond donors (Lipinski definition) is 3. The number of aromatic nitrogens is 3. The molecule has 0 unspecified atom stereocenters. The van der Waals surface area contributed by atoms with Crippen molar-refractivity contribution in [2.45, 2.75) is 13.8 Å². The minimum absolute atomic E-state index is 0.266. The number of nitrogens with two attached hydrogens (primary N) is 1. The Morgan fingerprint density at radius 3 is 2.42 bits per heavy atom. The lowest BCUT2D eigenvalue weighted by Gasteiger charge is -2.05. The molecule has 1 amide bonds. The standard InChI is InChI=1S/C12H14N6O/c1-7-5-8(2)16-12(15-7)17-11(19)10-4-3-9(18-13)6-14-10/h3-6,18H,13H2,1-2H3,(H,15,16,17,19). The van der Waals surface area contributed by atoms with E-state index in [2.05, 4.69) is 25.7 Å². The van der Waals surface area contributed by atoms with Crippen molar-refractivity contribution in [2.75, 3.05) is 10.7 Å². The fraction of sp³-hybridized carbons (Fsp3) is 0.167. The number of amides is 1. The topological polar surface area (TPSA) is 106 Å². The van der Waals surface area contributed by atoms with Crippen LogP contribution in [0.2, 0.25) is 0 Å². The Morgan fingerprint density at radius 1 is 1.21 bits per heavy atom. The maximum atomic E-state index is 11.9. The molecule has 7 heteroatoms. The van der Waals surface area contributed by atoms with Crippen molar-refractivity contribution in [3.63, 3.8) is 0 Å². The highest BCUT2D eigenvalue weighted by Gasteiger charge is 2.09. The van der Waals surface area contributed by atoms with E-state index in [0.29, 0.717) is 5.69 Å². The summed E-state index contributed by atoms with van der Waals surface area (Å²) < 4.78 is 0. The normalized spacial score (nSPS) is 10.1. The molecule has 98 valence electrons. The molecule has 0 aliphatic rings. The van der Waals surface area contributed by atoms with Crippen LogP contribution in [0.3, 0.4) is 0 Å². The third-order valence-electron chi connectivity index (χ3n) is 2.37. The first kappa shape index (κ1) is 12.9. The predicted molar refractivity (Wildman–Crippen MR) is 71.5 cm³/mol. The highest BCUT2D eigenvalue weighted by molar-refractivity contribution is 6.01. The molecule has 0 aromatic carbocycles. The largest absolute Gasteiger partial charge is 0.323 e. The van der Waals surface area contributed by atoms with Crippen molar-refractivity contribution >= 4 is 17.5 Å². The van der Waals surface area contributed by atoms with Gasteiger partial charge in [0.25, 0.3) is 5.91 Å². The maximum Gasteiger partial charge on any atom is 0.276 e. The van der Waals surface area contributed by atoms with Crippen molar-refractivity contribution in [1.29, 1.82) is 0 Å². The summed E-state index contributed by atoms with van der Waals surface area (Å²) in [6, 6.07) is 5.05. The number of anilines is 2. The Morgan fingerprint density at radius 2 is 1.89 bits per heavy atom. The zero-order chi connectivity index (χ0) is 13.8. The SMILES string of the molecule is Cc1cc(C)nc(NC(=O)c2ccc(NN)cn2)n1. The number of nitrogens with zero attached hydrogens (tertiary/aromatic N) is 3. The summed E-state index contributed by atoms with van der Waals surface area (Å²) in [5.41, 5.74) is 4.91. The first-order chi connectivity index (χ1) is 9.08. The van der Waals surface area contributed by atoms with Crippen molar-refractivity contribution < 1.29 is 4.79 Å². The third-order valence-corrected chi connectivity index (χ3v) is 2.37. The minimum Gasteiger partial charge on any atom is -0.323 e. The van der Waals surface area contributed by atoms with Crippen LogP contribution < -0.4 is 16.6 Å². The number of rotatable bonds is 3. The van der Waals surface area contributed by atoms with Gasteiger partial charge in [-0.05, 0) is 32.0 Å². The molecule has 2 heterocycles.